The predicted molar refractivity (Wildman–Crippen MR) is 66.1 cm³/mol. The van der Waals surface area contributed by atoms with Crippen LogP contribution in [0.4, 0.5) is 5.69 Å². The third kappa shape index (κ3) is 3.49. The molecule has 1 aromatic carbocycles. The van der Waals surface area contributed by atoms with E-state index >= 15 is 0 Å². The standard InChI is InChI=1S/C12H16N2O3/c1-3-4-9(13)12(16)14-10-6-5-8(17-2)7-11(10)15/h3,5-7,9,15H,1,4,13H2,2H3,(H,14,16). The molecule has 0 aromatic heterocycles. The number of ether oxygens (including phenoxy) is 1. The number of methoxy groups -OCH3 is 1. The summed E-state index contributed by atoms with van der Waals surface area (Å²) in [6, 6.07) is 3.92. The highest BCUT2D eigenvalue weighted by Gasteiger charge is 2.13. The molecule has 4 N–H and O–H groups in total. The van der Waals surface area contributed by atoms with Crippen LogP contribution < -0.4 is 15.8 Å². The van der Waals surface area contributed by atoms with Gasteiger partial charge in [-0.3, -0.25) is 4.79 Å². The predicted octanol–water partition coefficient (Wildman–Crippen LogP) is 1.24. The molecule has 5 heteroatoms. The van der Waals surface area contributed by atoms with Crippen molar-refractivity contribution in [3.05, 3.63) is 30.9 Å². The number of hydrogen-bond donors (Lipinski definition) is 3. The summed E-state index contributed by atoms with van der Waals surface area (Å²) in [4.78, 5) is 11.6. The smallest absolute Gasteiger partial charge is 0.241 e. The molecule has 0 fully saturated rings. The van der Waals surface area contributed by atoms with Crippen molar-refractivity contribution in [3.8, 4) is 11.5 Å². The first kappa shape index (κ1) is 13.1. The molecule has 0 aliphatic heterocycles. The Morgan fingerprint density at radius 3 is 2.94 bits per heavy atom. The molecule has 1 unspecified atom stereocenters. The lowest BCUT2D eigenvalue weighted by Crippen LogP contribution is -2.35. The maximum atomic E-state index is 11.6. The Hall–Kier alpha value is -2.01. The number of rotatable bonds is 5. The third-order valence-electron chi connectivity index (χ3n) is 2.22. The van der Waals surface area contributed by atoms with Gasteiger partial charge < -0.3 is 20.9 Å². The van der Waals surface area contributed by atoms with Crippen LogP contribution in [0.1, 0.15) is 6.42 Å². The Balaban J connectivity index is 2.74. The van der Waals surface area contributed by atoms with Crippen LogP contribution in [0.5, 0.6) is 11.5 Å². The second-order valence-electron chi connectivity index (χ2n) is 3.50. The molecule has 0 aliphatic rings. The number of benzene rings is 1. The highest BCUT2D eigenvalue weighted by atomic mass is 16.5. The molecule has 0 bridgehead atoms. The van der Waals surface area contributed by atoms with Crippen LogP contribution in [0, 0.1) is 0 Å². The van der Waals surface area contributed by atoms with Crippen molar-refractivity contribution in [2.24, 2.45) is 5.73 Å². The maximum absolute atomic E-state index is 11.6. The van der Waals surface area contributed by atoms with Gasteiger partial charge in [0.2, 0.25) is 5.91 Å². The van der Waals surface area contributed by atoms with Crippen molar-refractivity contribution in [2.45, 2.75) is 12.5 Å². The molecule has 0 radical (unpaired) electrons. The van der Waals surface area contributed by atoms with E-state index in [1.165, 1.54) is 13.2 Å². The molecular formula is C12H16N2O3. The van der Waals surface area contributed by atoms with Crippen molar-refractivity contribution >= 4 is 11.6 Å². The molecule has 0 heterocycles. The van der Waals surface area contributed by atoms with Crippen molar-refractivity contribution in [1.82, 2.24) is 0 Å². The summed E-state index contributed by atoms with van der Waals surface area (Å²) >= 11 is 0. The van der Waals surface area contributed by atoms with E-state index in [0.29, 0.717) is 17.9 Å². The number of nitrogens with two attached hydrogens (primary N) is 1. The highest BCUT2D eigenvalue weighted by molar-refractivity contribution is 5.96. The minimum absolute atomic E-state index is 0.0662. The normalized spacial score (nSPS) is 11.6. The summed E-state index contributed by atoms with van der Waals surface area (Å²) < 4.78 is 4.93. The molecule has 1 rings (SSSR count). The van der Waals surface area contributed by atoms with Crippen LogP contribution in [0.25, 0.3) is 0 Å². The molecule has 0 saturated heterocycles. The van der Waals surface area contributed by atoms with Gasteiger partial charge >= 0.3 is 0 Å². The van der Waals surface area contributed by atoms with Crippen molar-refractivity contribution < 1.29 is 14.6 Å². The van der Waals surface area contributed by atoms with Gasteiger partial charge in [-0.25, -0.2) is 0 Å². The van der Waals surface area contributed by atoms with Crippen molar-refractivity contribution in [3.63, 3.8) is 0 Å². The molecule has 0 aliphatic carbocycles. The van der Waals surface area contributed by atoms with E-state index in [4.69, 9.17) is 10.5 Å². The van der Waals surface area contributed by atoms with Crippen LogP contribution in [0.2, 0.25) is 0 Å². The molecule has 92 valence electrons. The van der Waals surface area contributed by atoms with Crippen LogP contribution in [0.3, 0.4) is 0 Å². The Morgan fingerprint density at radius 2 is 2.41 bits per heavy atom. The first-order valence-corrected chi connectivity index (χ1v) is 5.12. The minimum atomic E-state index is -0.672. The van der Waals surface area contributed by atoms with Gasteiger partial charge in [0, 0.05) is 6.07 Å². The van der Waals surface area contributed by atoms with E-state index in [1.54, 1.807) is 18.2 Å². The summed E-state index contributed by atoms with van der Waals surface area (Å²) in [5.74, 6) is 0.0739. The first-order valence-electron chi connectivity index (χ1n) is 5.12. The average molecular weight is 236 g/mol. The minimum Gasteiger partial charge on any atom is -0.506 e. The van der Waals surface area contributed by atoms with Gasteiger partial charge in [-0.2, -0.15) is 0 Å². The van der Waals surface area contributed by atoms with Crippen molar-refractivity contribution in [2.75, 3.05) is 12.4 Å². The third-order valence-corrected chi connectivity index (χ3v) is 2.22. The van der Waals surface area contributed by atoms with Crippen LogP contribution in [-0.4, -0.2) is 24.2 Å². The number of anilines is 1. The topological polar surface area (TPSA) is 84.6 Å². The van der Waals surface area contributed by atoms with Crippen molar-refractivity contribution in [1.29, 1.82) is 0 Å². The zero-order valence-corrected chi connectivity index (χ0v) is 9.64. The Bertz CT molecular complexity index is 418. The SMILES string of the molecule is C=CCC(N)C(=O)Nc1ccc(OC)cc1O. The van der Waals surface area contributed by atoms with Gasteiger partial charge in [-0.15, -0.1) is 6.58 Å². The van der Waals surface area contributed by atoms with Gasteiger partial charge in [-0.05, 0) is 18.6 Å². The van der Waals surface area contributed by atoms with E-state index in [9.17, 15) is 9.90 Å². The quantitative estimate of drug-likeness (QED) is 0.530. The molecule has 1 aromatic rings. The Kier molecular flexibility index (Phi) is 4.54. The molecule has 0 saturated carbocycles. The van der Waals surface area contributed by atoms with E-state index in [2.05, 4.69) is 11.9 Å². The molecule has 1 amide bonds. The van der Waals surface area contributed by atoms with Gasteiger partial charge in [0.05, 0.1) is 18.8 Å². The fourth-order valence-corrected chi connectivity index (χ4v) is 1.26. The maximum Gasteiger partial charge on any atom is 0.241 e. The molecule has 5 nitrogen and oxygen atoms in total. The van der Waals surface area contributed by atoms with E-state index in [-0.39, 0.29) is 11.7 Å². The molecular weight excluding hydrogens is 220 g/mol. The van der Waals surface area contributed by atoms with Gasteiger partial charge in [0.25, 0.3) is 0 Å². The van der Waals surface area contributed by atoms with Gasteiger partial charge in [0.1, 0.15) is 11.5 Å². The number of carbonyl (C=O) groups excluding carboxylic acids is 1. The number of amides is 1. The Morgan fingerprint density at radius 1 is 1.71 bits per heavy atom. The van der Waals surface area contributed by atoms with Crippen LogP contribution >= 0.6 is 0 Å². The van der Waals surface area contributed by atoms with E-state index < -0.39 is 6.04 Å². The zero-order valence-electron chi connectivity index (χ0n) is 9.64. The fraction of sp³-hybridized carbons (Fsp3) is 0.250. The first-order chi connectivity index (χ1) is 8.08. The highest BCUT2D eigenvalue weighted by Crippen LogP contribution is 2.27. The molecule has 1 atom stereocenters. The number of hydrogen-bond acceptors (Lipinski definition) is 4. The lowest BCUT2D eigenvalue weighted by atomic mass is 10.2. The lowest BCUT2D eigenvalue weighted by molar-refractivity contribution is -0.117. The summed E-state index contributed by atoms with van der Waals surface area (Å²) in [7, 11) is 1.49. The monoisotopic (exact) mass is 236 g/mol. The summed E-state index contributed by atoms with van der Waals surface area (Å²) in [6.45, 7) is 3.50. The average Bonchev–Trinajstić information content (AvgIpc) is 2.31. The largest absolute Gasteiger partial charge is 0.506 e. The second kappa shape index (κ2) is 5.91. The second-order valence-corrected chi connectivity index (χ2v) is 3.50. The summed E-state index contributed by atoms with van der Waals surface area (Å²) in [6.07, 6.45) is 1.95. The van der Waals surface area contributed by atoms with Gasteiger partial charge in [-0.1, -0.05) is 6.08 Å². The van der Waals surface area contributed by atoms with E-state index in [1.807, 2.05) is 0 Å². The fourth-order valence-electron chi connectivity index (χ4n) is 1.26. The van der Waals surface area contributed by atoms with Crippen LogP contribution in [-0.2, 0) is 4.79 Å². The van der Waals surface area contributed by atoms with Crippen LogP contribution in [0.15, 0.2) is 30.9 Å². The number of carbonyl (C=O) groups is 1. The lowest BCUT2D eigenvalue weighted by Gasteiger charge is -2.12. The van der Waals surface area contributed by atoms with Gasteiger partial charge in [0.15, 0.2) is 0 Å². The summed E-state index contributed by atoms with van der Waals surface area (Å²) in [5.41, 5.74) is 5.89. The molecule has 0 spiro atoms. The number of phenols is 1. The zero-order chi connectivity index (χ0) is 12.8. The number of nitrogens with one attached hydrogen (secondary N) is 1. The summed E-state index contributed by atoms with van der Waals surface area (Å²) in [5, 5.41) is 12.2. The Labute approximate surface area is 99.9 Å². The molecule has 17 heavy (non-hydrogen) atoms. The van der Waals surface area contributed by atoms with E-state index in [0.717, 1.165) is 0 Å². The number of phenolic OH excluding ortho intramolecular Hbond substituents is 1. The number of aromatic hydroxyl groups is 1.